The Morgan fingerprint density at radius 2 is 1.06 bits per heavy atom. The van der Waals surface area contributed by atoms with E-state index >= 15 is 0 Å². The smallest absolute Gasteiger partial charge is 0.0788 e. The molecule has 1 fully saturated rings. The Balaban J connectivity index is 2.16. The zero-order valence-corrected chi connectivity index (χ0v) is 13.1. The van der Waals surface area contributed by atoms with Gasteiger partial charge in [-0.15, -0.1) is 0 Å². The number of hydrogen-bond acceptors (Lipinski definition) is 0. The first kappa shape index (κ1) is 16.0. The Hall–Kier alpha value is -0.0400. The third-order valence-electron chi connectivity index (χ3n) is 4.74. The molecule has 0 radical (unpaired) electrons. The van der Waals surface area contributed by atoms with Crippen molar-refractivity contribution in [1.29, 1.82) is 0 Å². The predicted octanol–water partition coefficient (Wildman–Crippen LogP) is 5.15. The van der Waals surface area contributed by atoms with Crippen LogP contribution in [0.3, 0.4) is 0 Å². The molecular formula is C17H36N+. The van der Waals surface area contributed by atoms with Crippen LogP contribution in [0.4, 0.5) is 0 Å². The summed E-state index contributed by atoms with van der Waals surface area (Å²) in [6, 6.07) is 0. The normalized spacial score (nSPS) is 18.3. The number of nitrogens with zero attached hydrogens (tertiary/aromatic N) is 1. The molecule has 0 spiro atoms. The average molecular weight is 254 g/mol. The van der Waals surface area contributed by atoms with E-state index in [2.05, 4.69) is 13.8 Å². The van der Waals surface area contributed by atoms with Crippen LogP contribution in [-0.4, -0.2) is 30.7 Å². The molecule has 1 aliphatic rings. The molecule has 0 aromatic heterocycles. The minimum absolute atomic E-state index is 1.37. The first-order valence-corrected chi connectivity index (χ1v) is 8.68. The lowest BCUT2D eigenvalue weighted by Crippen LogP contribution is -2.46. The first-order valence-electron chi connectivity index (χ1n) is 8.68. The van der Waals surface area contributed by atoms with Crippen molar-refractivity contribution < 1.29 is 4.48 Å². The lowest BCUT2D eigenvalue weighted by Gasteiger charge is -2.34. The van der Waals surface area contributed by atoms with Crippen LogP contribution < -0.4 is 0 Å². The third-order valence-corrected chi connectivity index (χ3v) is 4.74. The molecule has 1 aliphatic heterocycles. The van der Waals surface area contributed by atoms with Crippen LogP contribution in [0.2, 0.25) is 0 Å². The fraction of sp³-hybridized carbons (Fsp3) is 1.00. The van der Waals surface area contributed by atoms with Gasteiger partial charge in [-0.25, -0.2) is 0 Å². The van der Waals surface area contributed by atoms with Crippen LogP contribution in [0.5, 0.6) is 0 Å². The molecule has 0 amide bonds. The Morgan fingerprint density at radius 3 is 1.56 bits per heavy atom. The van der Waals surface area contributed by atoms with Gasteiger partial charge in [0.25, 0.3) is 0 Å². The van der Waals surface area contributed by atoms with Gasteiger partial charge >= 0.3 is 0 Å². The maximum atomic E-state index is 2.31. The minimum atomic E-state index is 1.37. The molecule has 0 aromatic rings. The molecule has 0 saturated carbocycles. The van der Waals surface area contributed by atoms with Gasteiger partial charge in [0.2, 0.25) is 0 Å². The van der Waals surface area contributed by atoms with Crippen molar-refractivity contribution in [2.45, 2.75) is 84.5 Å². The maximum Gasteiger partial charge on any atom is 0.0788 e. The molecule has 0 N–H and O–H groups in total. The van der Waals surface area contributed by atoms with E-state index in [1.165, 1.54) is 101 Å². The zero-order chi connectivity index (χ0) is 13.1. The van der Waals surface area contributed by atoms with Crippen molar-refractivity contribution in [3.05, 3.63) is 0 Å². The fourth-order valence-corrected chi connectivity index (χ4v) is 3.49. The van der Waals surface area contributed by atoms with E-state index in [0.717, 1.165) is 0 Å². The van der Waals surface area contributed by atoms with Crippen molar-refractivity contribution in [3.63, 3.8) is 0 Å². The third kappa shape index (κ3) is 6.22. The highest BCUT2D eigenvalue weighted by Crippen LogP contribution is 2.22. The Kier molecular flexibility index (Phi) is 8.75. The number of rotatable bonds is 11. The van der Waals surface area contributed by atoms with Crippen LogP contribution in [0.1, 0.15) is 84.5 Å². The van der Waals surface area contributed by atoms with Gasteiger partial charge in [-0.1, -0.05) is 46.0 Å². The van der Waals surface area contributed by atoms with Crippen molar-refractivity contribution in [2.75, 3.05) is 26.2 Å². The SMILES string of the molecule is CCCCCCC[N+]1(CCCCCC)CCCC1. The van der Waals surface area contributed by atoms with Gasteiger partial charge in [0, 0.05) is 12.8 Å². The first-order chi connectivity index (χ1) is 8.83. The van der Waals surface area contributed by atoms with E-state index < -0.39 is 0 Å². The highest BCUT2D eigenvalue weighted by Gasteiger charge is 2.30. The number of quaternary nitrogens is 1. The highest BCUT2D eigenvalue weighted by molar-refractivity contribution is 4.57. The van der Waals surface area contributed by atoms with Crippen molar-refractivity contribution in [2.24, 2.45) is 0 Å². The second kappa shape index (κ2) is 9.83. The molecule has 0 aliphatic carbocycles. The summed E-state index contributed by atoms with van der Waals surface area (Å²) < 4.78 is 1.48. The van der Waals surface area contributed by atoms with Crippen LogP contribution >= 0.6 is 0 Å². The number of hydrogen-bond donors (Lipinski definition) is 0. The molecule has 1 heterocycles. The maximum absolute atomic E-state index is 2.31. The summed E-state index contributed by atoms with van der Waals surface area (Å²) in [6.07, 6.45) is 16.0. The lowest BCUT2D eigenvalue weighted by atomic mass is 10.1. The van der Waals surface area contributed by atoms with Gasteiger partial charge < -0.3 is 4.48 Å². The van der Waals surface area contributed by atoms with E-state index in [1.54, 1.807) is 0 Å². The van der Waals surface area contributed by atoms with Gasteiger partial charge in [0.15, 0.2) is 0 Å². The minimum Gasteiger partial charge on any atom is -0.324 e. The van der Waals surface area contributed by atoms with Crippen LogP contribution in [0, 0.1) is 0 Å². The second-order valence-corrected chi connectivity index (χ2v) is 6.42. The molecule has 0 atom stereocenters. The molecule has 1 rings (SSSR count). The summed E-state index contributed by atoms with van der Waals surface area (Å²) in [7, 11) is 0. The van der Waals surface area contributed by atoms with E-state index in [4.69, 9.17) is 0 Å². The van der Waals surface area contributed by atoms with Gasteiger partial charge in [-0.3, -0.25) is 0 Å². The highest BCUT2D eigenvalue weighted by atomic mass is 15.4. The molecule has 0 bridgehead atoms. The quantitative estimate of drug-likeness (QED) is 0.353. The molecule has 18 heavy (non-hydrogen) atoms. The average Bonchev–Trinajstić information content (AvgIpc) is 2.84. The Bertz CT molecular complexity index is 182. The molecule has 1 heteroatoms. The Morgan fingerprint density at radius 1 is 0.611 bits per heavy atom. The molecule has 108 valence electrons. The summed E-state index contributed by atoms with van der Waals surface area (Å²) in [4.78, 5) is 0. The molecular weight excluding hydrogens is 218 g/mol. The van der Waals surface area contributed by atoms with Gasteiger partial charge in [-0.2, -0.15) is 0 Å². The van der Waals surface area contributed by atoms with Gasteiger partial charge in [0.1, 0.15) is 0 Å². The van der Waals surface area contributed by atoms with Gasteiger partial charge in [-0.05, 0) is 25.7 Å². The van der Waals surface area contributed by atoms with Crippen molar-refractivity contribution in [1.82, 2.24) is 0 Å². The fourth-order valence-electron chi connectivity index (χ4n) is 3.49. The standard InChI is InChI=1S/C17H36N/c1-3-5-7-9-11-15-18(16-12-13-17-18)14-10-8-6-4-2/h3-17H2,1-2H3/q+1. The largest absolute Gasteiger partial charge is 0.324 e. The number of unbranched alkanes of at least 4 members (excludes halogenated alkanes) is 7. The summed E-state index contributed by atoms with van der Waals surface area (Å²) in [5.74, 6) is 0. The van der Waals surface area contributed by atoms with E-state index in [-0.39, 0.29) is 0 Å². The van der Waals surface area contributed by atoms with Crippen molar-refractivity contribution in [3.8, 4) is 0 Å². The Labute approximate surface area is 116 Å². The topological polar surface area (TPSA) is 0 Å². The van der Waals surface area contributed by atoms with Crippen LogP contribution in [0.25, 0.3) is 0 Å². The summed E-state index contributed by atoms with van der Waals surface area (Å²) in [5.41, 5.74) is 0. The zero-order valence-electron chi connectivity index (χ0n) is 13.1. The molecule has 0 unspecified atom stereocenters. The monoisotopic (exact) mass is 254 g/mol. The predicted molar refractivity (Wildman–Crippen MR) is 81.9 cm³/mol. The molecule has 1 saturated heterocycles. The van der Waals surface area contributed by atoms with E-state index in [0.29, 0.717) is 0 Å². The van der Waals surface area contributed by atoms with Crippen molar-refractivity contribution >= 4 is 0 Å². The van der Waals surface area contributed by atoms with Gasteiger partial charge in [0.05, 0.1) is 26.2 Å². The van der Waals surface area contributed by atoms with E-state index in [9.17, 15) is 0 Å². The summed E-state index contributed by atoms with van der Waals surface area (Å²) in [5, 5.41) is 0. The molecule has 0 aromatic carbocycles. The second-order valence-electron chi connectivity index (χ2n) is 6.42. The van der Waals surface area contributed by atoms with Crippen LogP contribution in [-0.2, 0) is 0 Å². The number of likely N-dealkylation sites (tertiary alicyclic amines) is 1. The summed E-state index contributed by atoms with van der Waals surface area (Å²) in [6.45, 7) is 10.6. The van der Waals surface area contributed by atoms with Crippen LogP contribution in [0.15, 0.2) is 0 Å². The lowest BCUT2D eigenvalue weighted by molar-refractivity contribution is -0.917. The summed E-state index contributed by atoms with van der Waals surface area (Å²) >= 11 is 0. The van der Waals surface area contributed by atoms with E-state index in [1.807, 2.05) is 0 Å². The molecule has 1 nitrogen and oxygen atoms in total.